The Morgan fingerprint density at radius 1 is 1.40 bits per heavy atom. The number of aromatic nitrogens is 2. The molecular formula is C17H22N4O4. The second-order valence-corrected chi connectivity index (χ2v) is 6.58. The largest absolute Gasteiger partial charge is 0.396 e. The lowest BCUT2D eigenvalue weighted by Gasteiger charge is -2.33. The van der Waals surface area contributed by atoms with Gasteiger partial charge in [0, 0.05) is 26.1 Å². The molecule has 1 heterocycles. The summed E-state index contributed by atoms with van der Waals surface area (Å²) in [4.78, 5) is 22.9. The van der Waals surface area contributed by atoms with Crippen LogP contribution < -0.4 is 5.32 Å². The first kappa shape index (κ1) is 18.6. The van der Waals surface area contributed by atoms with E-state index >= 15 is 0 Å². The minimum atomic E-state index is -0.631. The third kappa shape index (κ3) is 4.03. The maximum atomic E-state index is 12.5. The number of nitro groups is 1. The van der Waals surface area contributed by atoms with E-state index in [4.69, 9.17) is 0 Å². The molecule has 1 aromatic heterocycles. The van der Waals surface area contributed by atoms with E-state index in [-0.39, 0.29) is 30.5 Å². The number of aliphatic hydroxyl groups is 1. The molecule has 0 spiro atoms. The molecule has 2 rings (SSSR count). The van der Waals surface area contributed by atoms with Gasteiger partial charge in [0.2, 0.25) is 5.69 Å². The SMILES string of the molecule is Cn1ncc([N+](=O)[O-])c1C(=O)NCC(c1ccccc1)C(C)(C)CO. The monoisotopic (exact) mass is 346 g/mol. The number of benzene rings is 1. The number of hydrogen-bond acceptors (Lipinski definition) is 5. The van der Waals surface area contributed by atoms with E-state index < -0.39 is 16.2 Å². The molecular weight excluding hydrogens is 324 g/mol. The number of hydrogen-bond donors (Lipinski definition) is 2. The van der Waals surface area contributed by atoms with Crippen LogP contribution in [0.25, 0.3) is 0 Å². The third-order valence-electron chi connectivity index (χ3n) is 4.35. The van der Waals surface area contributed by atoms with Crippen LogP contribution in [0.15, 0.2) is 36.5 Å². The Hall–Kier alpha value is -2.74. The average Bonchev–Trinajstić information content (AvgIpc) is 2.97. The van der Waals surface area contributed by atoms with E-state index in [9.17, 15) is 20.0 Å². The summed E-state index contributed by atoms with van der Waals surface area (Å²) in [5.41, 5.74) is 0.0604. The van der Waals surface area contributed by atoms with Crippen LogP contribution in [0.5, 0.6) is 0 Å². The molecule has 0 saturated carbocycles. The molecule has 0 aliphatic carbocycles. The molecule has 0 saturated heterocycles. The zero-order chi connectivity index (χ0) is 18.6. The molecule has 1 aromatic carbocycles. The van der Waals surface area contributed by atoms with Gasteiger partial charge in [-0.1, -0.05) is 44.2 Å². The molecule has 0 fully saturated rings. The first-order valence-corrected chi connectivity index (χ1v) is 7.88. The highest BCUT2D eigenvalue weighted by Gasteiger charge is 2.32. The van der Waals surface area contributed by atoms with Crippen molar-refractivity contribution in [2.75, 3.05) is 13.2 Å². The second-order valence-electron chi connectivity index (χ2n) is 6.58. The van der Waals surface area contributed by atoms with E-state index in [1.54, 1.807) is 0 Å². The Bertz CT molecular complexity index is 755. The lowest BCUT2D eigenvalue weighted by atomic mass is 9.75. The summed E-state index contributed by atoms with van der Waals surface area (Å²) >= 11 is 0. The van der Waals surface area contributed by atoms with Crippen molar-refractivity contribution in [2.24, 2.45) is 12.5 Å². The van der Waals surface area contributed by atoms with E-state index in [1.165, 1.54) is 11.7 Å². The van der Waals surface area contributed by atoms with Gasteiger partial charge >= 0.3 is 5.69 Å². The first-order chi connectivity index (χ1) is 11.8. The van der Waals surface area contributed by atoms with Crippen LogP contribution in [0.2, 0.25) is 0 Å². The van der Waals surface area contributed by atoms with Crippen molar-refractivity contribution >= 4 is 11.6 Å². The minimum absolute atomic E-state index is 0.0612. The van der Waals surface area contributed by atoms with Gasteiger partial charge in [0.1, 0.15) is 6.20 Å². The predicted octanol–water partition coefficient (Wildman–Crippen LogP) is 1.86. The van der Waals surface area contributed by atoms with Gasteiger partial charge in [0.15, 0.2) is 0 Å². The average molecular weight is 346 g/mol. The molecule has 134 valence electrons. The van der Waals surface area contributed by atoms with Gasteiger partial charge in [0.25, 0.3) is 5.91 Å². The van der Waals surface area contributed by atoms with E-state index in [1.807, 2.05) is 44.2 Å². The molecule has 25 heavy (non-hydrogen) atoms. The van der Waals surface area contributed by atoms with Crippen molar-refractivity contribution in [3.8, 4) is 0 Å². The molecule has 8 nitrogen and oxygen atoms in total. The van der Waals surface area contributed by atoms with Crippen LogP contribution in [-0.2, 0) is 7.05 Å². The van der Waals surface area contributed by atoms with Crippen molar-refractivity contribution in [2.45, 2.75) is 19.8 Å². The molecule has 0 aliphatic heterocycles. The summed E-state index contributed by atoms with van der Waals surface area (Å²) < 4.78 is 1.18. The van der Waals surface area contributed by atoms with Crippen molar-refractivity contribution in [1.82, 2.24) is 15.1 Å². The topological polar surface area (TPSA) is 110 Å². The number of amides is 1. The highest BCUT2D eigenvalue weighted by Crippen LogP contribution is 2.34. The number of carbonyl (C=O) groups is 1. The maximum Gasteiger partial charge on any atom is 0.320 e. The minimum Gasteiger partial charge on any atom is -0.396 e. The zero-order valence-corrected chi connectivity index (χ0v) is 14.5. The lowest BCUT2D eigenvalue weighted by molar-refractivity contribution is -0.385. The van der Waals surface area contributed by atoms with Crippen molar-refractivity contribution in [1.29, 1.82) is 0 Å². The molecule has 8 heteroatoms. The smallest absolute Gasteiger partial charge is 0.320 e. The third-order valence-corrected chi connectivity index (χ3v) is 4.35. The van der Waals surface area contributed by atoms with Gasteiger partial charge < -0.3 is 10.4 Å². The lowest BCUT2D eigenvalue weighted by Crippen LogP contribution is -2.37. The summed E-state index contributed by atoms with van der Waals surface area (Å²) in [6.07, 6.45) is 1.06. The molecule has 1 atom stereocenters. The summed E-state index contributed by atoms with van der Waals surface area (Å²) in [6.45, 7) is 3.99. The highest BCUT2D eigenvalue weighted by molar-refractivity contribution is 5.96. The standard InChI is InChI=1S/C17H22N4O4/c1-17(2,11-22)13(12-7-5-4-6-8-12)9-18-16(23)15-14(21(24)25)10-19-20(15)3/h4-8,10,13,22H,9,11H2,1-3H3,(H,18,23). The number of carbonyl (C=O) groups excluding carboxylic acids is 1. The van der Waals surface area contributed by atoms with Crippen molar-refractivity contribution < 1.29 is 14.8 Å². The summed E-state index contributed by atoms with van der Waals surface area (Å²) in [7, 11) is 1.48. The van der Waals surface area contributed by atoms with Crippen LogP contribution >= 0.6 is 0 Å². The van der Waals surface area contributed by atoms with Crippen LogP contribution in [0.3, 0.4) is 0 Å². The molecule has 1 unspecified atom stereocenters. The Balaban J connectivity index is 2.23. The van der Waals surface area contributed by atoms with Crippen LogP contribution in [0.1, 0.15) is 35.8 Å². The Morgan fingerprint density at radius 2 is 2.04 bits per heavy atom. The maximum absolute atomic E-state index is 12.5. The molecule has 1 amide bonds. The van der Waals surface area contributed by atoms with E-state index in [2.05, 4.69) is 10.4 Å². The predicted molar refractivity (Wildman–Crippen MR) is 92.2 cm³/mol. The van der Waals surface area contributed by atoms with Crippen LogP contribution in [0, 0.1) is 15.5 Å². The quantitative estimate of drug-likeness (QED) is 0.587. The first-order valence-electron chi connectivity index (χ1n) is 7.88. The van der Waals surface area contributed by atoms with Gasteiger partial charge in [-0.2, -0.15) is 5.10 Å². The normalized spacial score (nSPS) is 12.6. The zero-order valence-electron chi connectivity index (χ0n) is 14.5. The number of nitrogens with zero attached hydrogens (tertiary/aromatic N) is 3. The molecule has 0 radical (unpaired) electrons. The summed E-state index contributed by atoms with van der Waals surface area (Å²) in [5.74, 6) is -0.726. The van der Waals surface area contributed by atoms with Crippen LogP contribution in [0.4, 0.5) is 5.69 Å². The molecule has 0 aliphatic rings. The van der Waals surface area contributed by atoms with Gasteiger partial charge in [0.05, 0.1) is 4.92 Å². The van der Waals surface area contributed by atoms with Gasteiger partial charge in [-0.3, -0.25) is 19.6 Å². The molecule has 0 bridgehead atoms. The Morgan fingerprint density at radius 3 is 2.60 bits per heavy atom. The van der Waals surface area contributed by atoms with Crippen molar-refractivity contribution in [3.63, 3.8) is 0 Å². The summed E-state index contributed by atoms with van der Waals surface area (Å²) in [6, 6.07) is 9.54. The van der Waals surface area contributed by atoms with E-state index in [0.29, 0.717) is 0 Å². The van der Waals surface area contributed by atoms with Gasteiger partial charge in [-0.25, -0.2) is 0 Å². The van der Waals surface area contributed by atoms with Gasteiger partial charge in [-0.05, 0) is 11.0 Å². The fourth-order valence-corrected chi connectivity index (χ4v) is 2.74. The molecule has 2 N–H and O–H groups in total. The fraction of sp³-hybridized carbons (Fsp3) is 0.412. The number of aliphatic hydroxyl groups excluding tert-OH is 1. The summed E-state index contributed by atoms with van der Waals surface area (Å²) in [5, 5.41) is 27.3. The Kier molecular flexibility index (Phi) is 5.53. The molecule has 2 aromatic rings. The number of nitrogens with one attached hydrogen (secondary N) is 1. The number of rotatable bonds is 7. The van der Waals surface area contributed by atoms with E-state index in [0.717, 1.165) is 11.8 Å². The fourth-order valence-electron chi connectivity index (χ4n) is 2.74. The van der Waals surface area contributed by atoms with Crippen molar-refractivity contribution in [3.05, 3.63) is 57.9 Å². The number of aryl methyl sites for hydroxylation is 1. The Labute approximate surface area is 145 Å². The second kappa shape index (κ2) is 7.43. The highest BCUT2D eigenvalue weighted by atomic mass is 16.6. The van der Waals surface area contributed by atoms with Gasteiger partial charge in [-0.15, -0.1) is 0 Å². The van der Waals surface area contributed by atoms with Crippen LogP contribution in [-0.4, -0.2) is 38.9 Å².